The Morgan fingerprint density at radius 1 is 1.05 bits per heavy atom. The molecule has 0 radical (unpaired) electrons. The summed E-state index contributed by atoms with van der Waals surface area (Å²) in [7, 11) is 0. The van der Waals surface area contributed by atoms with E-state index in [-0.39, 0.29) is 12.5 Å². The number of carbonyl (C=O) groups excluding carboxylic acids is 1. The Kier molecular flexibility index (Phi) is 5.83. The van der Waals surface area contributed by atoms with Crippen LogP contribution in [0, 0.1) is 6.92 Å². The van der Waals surface area contributed by atoms with Gasteiger partial charge in [-0.05, 0) is 43.2 Å². The molecule has 1 N–H and O–H groups in total. The predicted octanol–water partition coefficient (Wildman–Crippen LogP) is 3.80. The highest BCUT2D eigenvalue weighted by molar-refractivity contribution is 5.91. The molecular weight excluding hydrogens is 278 g/mol. The molecule has 2 aromatic carbocycles. The normalized spacial score (nSPS) is 10.1. The van der Waals surface area contributed by atoms with Crippen LogP contribution in [0.3, 0.4) is 0 Å². The zero-order valence-electron chi connectivity index (χ0n) is 13.0. The van der Waals surface area contributed by atoms with Gasteiger partial charge < -0.3 is 14.8 Å². The second-order valence-electron chi connectivity index (χ2n) is 5.03. The van der Waals surface area contributed by atoms with Crippen molar-refractivity contribution in [2.45, 2.75) is 20.3 Å². The van der Waals surface area contributed by atoms with E-state index >= 15 is 0 Å². The van der Waals surface area contributed by atoms with Crippen molar-refractivity contribution in [3.8, 4) is 11.5 Å². The van der Waals surface area contributed by atoms with Crippen LogP contribution >= 0.6 is 0 Å². The lowest BCUT2D eigenvalue weighted by Gasteiger charge is -2.10. The van der Waals surface area contributed by atoms with Crippen LogP contribution in [0.4, 0.5) is 5.69 Å². The van der Waals surface area contributed by atoms with E-state index in [1.807, 2.05) is 43.3 Å². The Morgan fingerprint density at radius 3 is 2.50 bits per heavy atom. The first-order chi connectivity index (χ1) is 10.7. The van der Waals surface area contributed by atoms with Gasteiger partial charge in [-0.1, -0.05) is 25.1 Å². The molecule has 0 spiro atoms. The molecule has 0 saturated carbocycles. The second-order valence-corrected chi connectivity index (χ2v) is 5.03. The van der Waals surface area contributed by atoms with Crippen LogP contribution in [-0.2, 0) is 4.79 Å². The van der Waals surface area contributed by atoms with Crippen molar-refractivity contribution in [2.24, 2.45) is 0 Å². The number of aryl methyl sites for hydroxylation is 1. The van der Waals surface area contributed by atoms with Gasteiger partial charge in [0.1, 0.15) is 11.5 Å². The minimum Gasteiger partial charge on any atom is -0.493 e. The molecule has 0 bridgehead atoms. The summed E-state index contributed by atoms with van der Waals surface area (Å²) in [6.45, 7) is 4.66. The monoisotopic (exact) mass is 299 g/mol. The van der Waals surface area contributed by atoms with Gasteiger partial charge in [0.15, 0.2) is 6.61 Å². The largest absolute Gasteiger partial charge is 0.493 e. The number of amides is 1. The van der Waals surface area contributed by atoms with Gasteiger partial charge in [-0.15, -0.1) is 0 Å². The highest BCUT2D eigenvalue weighted by Crippen LogP contribution is 2.19. The van der Waals surface area contributed by atoms with Crippen LogP contribution in [-0.4, -0.2) is 19.1 Å². The van der Waals surface area contributed by atoms with Gasteiger partial charge in [0.25, 0.3) is 5.91 Å². The molecule has 4 heteroatoms. The minimum absolute atomic E-state index is 0.0365. The standard InChI is InChI=1S/C18H21NO3/c1-3-10-21-16-8-5-9-17(12-16)22-13-18(20)19-15-7-4-6-14(2)11-15/h4-9,11-12H,3,10,13H2,1-2H3,(H,19,20). The molecule has 116 valence electrons. The topological polar surface area (TPSA) is 47.6 Å². The van der Waals surface area contributed by atoms with Crippen LogP contribution < -0.4 is 14.8 Å². The molecular formula is C18H21NO3. The summed E-state index contributed by atoms with van der Waals surface area (Å²) in [6.07, 6.45) is 0.948. The molecule has 0 aliphatic carbocycles. The summed E-state index contributed by atoms with van der Waals surface area (Å²) < 4.78 is 11.0. The van der Waals surface area contributed by atoms with E-state index in [9.17, 15) is 4.79 Å². The fourth-order valence-electron chi connectivity index (χ4n) is 1.94. The first-order valence-corrected chi connectivity index (χ1v) is 7.39. The maximum absolute atomic E-state index is 11.9. The molecule has 2 aromatic rings. The van der Waals surface area contributed by atoms with E-state index in [1.165, 1.54) is 0 Å². The van der Waals surface area contributed by atoms with Crippen molar-refractivity contribution < 1.29 is 14.3 Å². The fraction of sp³-hybridized carbons (Fsp3) is 0.278. The molecule has 4 nitrogen and oxygen atoms in total. The predicted molar refractivity (Wildman–Crippen MR) is 87.5 cm³/mol. The molecule has 0 saturated heterocycles. The molecule has 0 fully saturated rings. The second kappa shape index (κ2) is 8.08. The Labute approximate surface area is 131 Å². The molecule has 0 aliphatic rings. The minimum atomic E-state index is -0.189. The van der Waals surface area contributed by atoms with Crippen molar-refractivity contribution in [3.63, 3.8) is 0 Å². The van der Waals surface area contributed by atoms with Gasteiger partial charge in [-0.2, -0.15) is 0 Å². The van der Waals surface area contributed by atoms with E-state index in [0.717, 1.165) is 23.4 Å². The molecule has 0 heterocycles. The van der Waals surface area contributed by atoms with Crippen LogP contribution in [0.15, 0.2) is 48.5 Å². The van der Waals surface area contributed by atoms with Crippen LogP contribution in [0.2, 0.25) is 0 Å². The lowest BCUT2D eigenvalue weighted by Crippen LogP contribution is -2.20. The van der Waals surface area contributed by atoms with Crippen molar-refractivity contribution in [1.82, 2.24) is 0 Å². The van der Waals surface area contributed by atoms with Gasteiger partial charge >= 0.3 is 0 Å². The van der Waals surface area contributed by atoms with E-state index in [4.69, 9.17) is 9.47 Å². The highest BCUT2D eigenvalue weighted by Gasteiger charge is 2.05. The maximum Gasteiger partial charge on any atom is 0.262 e. The Morgan fingerprint density at radius 2 is 1.77 bits per heavy atom. The third-order valence-electron chi connectivity index (χ3n) is 2.95. The summed E-state index contributed by atoms with van der Waals surface area (Å²) in [5.41, 5.74) is 1.87. The number of carbonyl (C=O) groups is 1. The number of rotatable bonds is 7. The number of benzene rings is 2. The van der Waals surface area contributed by atoms with Gasteiger partial charge in [0, 0.05) is 11.8 Å². The summed E-state index contributed by atoms with van der Waals surface area (Å²) in [5.74, 6) is 1.18. The molecule has 0 unspecified atom stereocenters. The first-order valence-electron chi connectivity index (χ1n) is 7.39. The number of hydrogen-bond acceptors (Lipinski definition) is 3. The Balaban J connectivity index is 1.85. The number of ether oxygens (including phenoxy) is 2. The molecule has 22 heavy (non-hydrogen) atoms. The quantitative estimate of drug-likeness (QED) is 0.846. The summed E-state index contributed by atoms with van der Waals surface area (Å²) >= 11 is 0. The number of nitrogens with one attached hydrogen (secondary N) is 1. The van der Waals surface area contributed by atoms with Crippen molar-refractivity contribution in [1.29, 1.82) is 0 Å². The maximum atomic E-state index is 11.9. The van der Waals surface area contributed by atoms with Crippen molar-refractivity contribution in [3.05, 3.63) is 54.1 Å². The first kappa shape index (κ1) is 15.9. The molecule has 0 aromatic heterocycles. The number of hydrogen-bond donors (Lipinski definition) is 1. The molecule has 1 amide bonds. The van der Waals surface area contributed by atoms with Crippen molar-refractivity contribution >= 4 is 11.6 Å². The van der Waals surface area contributed by atoms with E-state index in [0.29, 0.717) is 12.4 Å². The average molecular weight is 299 g/mol. The molecule has 0 aliphatic heterocycles. The van der Waals surface area contributed by atoms with Gasteiger partial charge in [-0.25, -0.2) is 0 Å². The summed E-state index contributed by atoms with van der Waals surface area (Å²) in [4.78, 5) is 11.9. The number of anilines is 1. The smallest absolute Gasteiger partial charge is 0.262 e. The van der Waals surface area contributed by atoms with Crippen LogP contribution in [0.1, 0.15) is 18.9 Å². The third kappa shape index (κ3) is 5.13. The van der Waals surface area contributed by atoms with Gasteiger partial charge in [-0.3, -0.25) is 4.79 Å². The van der Waals surface area contributed by atoms with Crippen molar-refractivity contribution in [2.75, 3.05) is 18.5 Å². The van der Waals surface area contributed by atoms with Gasteiger partial charge in [0.05, 0.1) is 6.61 Å². The molecule has 2 rings (SSSR count). The van der Waals surface area contributed by atoms with Gasteiger partial charge in [0.2, 0.25) is 0 Å². The zero-order valence-corrected chi connectivity index (χ0v) is 13.0. The van der Waals surface area contributed by atoms with Crippen LogP contribution in [0.25, 0.3) is 0 Å². The van der Waals surface area contributed by atoms with Crippen LogP contribution in [0.5, 0.6) is 11.5 Å². The third-order valence-corrected chi connectivity index (χ3v) is 2.95. The Bertz CT molecular complexity index is 625. The molecule has 0 atom stereocenters. The summed E-state index contributed by atoms with van der Waals surface area (Å²) in [5, 5.41) is 2.81. The summed E-state index contributed by atoms with van der Waals surface area (Å²) in [6, 6.07) is 15.0. The Hall–Kier alpha value is -2.49. The van der Waals surface area contributed by atoms with E-state index in [1.54, 1.807) is 12.1 Å². The lowest BCUT2D eigenvalue weighted by atomic mass is 10.2. The fourth-order valence-corrected chi connectivity index (χ4v) is 1.94. The highest BCUT2D eigenvalue weighted by atomic mass is 16.5. The lowest BCUT2D eigenvalue weighted by molar-refractivity contribution is -0.118. The zero-order chi connectivity index (χ0) is 15.8. The van der Waals surface area contributed by atoms with E-state index in [2.05, 4.69) is 12.2 Å². The average Bonchev–Trinajstić information content (AvgIpc) is 2.51. The SMILES string of the molecule is CCCOc1cccc(OCC(=O)Nc2cccc(C)c2)c1. The van der Waals surface area contributed by atoms with E-state index < -0.39 is 0 Å².